The third-order valence-electron chi connectivity index (χ3n) is 5.42. The highest BCUT2D eigenvalue weighted by Gasteiger charge is 2.26. The maximum Gasteiger partial charge on any atom is 0.251 e. The zero-order chi connectivity index (χ0) is 22.6. The van der Waals surface area contributed by atoms with Crippen molar-refractivity contribution in [3.63, 3.8) is 0 Å². The summed E-state index contributed by atoms with van der Waals surface area (Å²) in [6, 6.07) is 9.80. The van der Waals surface area contributed by atoms with E-state index in [1.165, 1.54) is 28.6 Å². The molecule has 2 N–H and O–H groups in total. The largest absolute Gasteiger partial charge is 0.343 e. The average molecular weight is 444 g/mol. The molecular formula is C23H29N3O4S. The first-order valence-electron chi connectivity index (χ1n) is 10.4. The van der Waals surface area contributed by atoms with Crippen LogP contribution in [0.15, 0.2) is 41.3 Å². The van der Waals surface area contributed by atoms with Crippen LogP contribution < -0.4 is 10.6 Å². The Bertz CT molecular complexity index is 1050. The number of benzene rings is 2. The molecule has 31 heavy (non-hydrogen) atoms. The molecule has 1 heterocycles. The molecule has 0 bridgehead atoms. The highest BCUT2D eigenvalue weighted by molar-refractivity contribution is 7.89. The lowest BCUT2D eigenvalue weighted by atomic mass is 10.1. The van der Waals surface area contributed by atoms with Gasteiger partial charge in [-0.2, -0.15) is 4.31 Å². The van der Waals surface area contributed by atoms with E-state index in [0.717, 1.165) is 41.6 Å². The average Bonchev–Trinajstić information content (AvgIpc) is 2.75. The Morgan fingerprint density at radius 2 is 1.52 bits per heavy atom. The number of carbonyl (C=O) groups is 2. The molecule has 1 aliphatic heterocycles. The topological polar surface area (TPSA) is 95.6 Å². The van der Waals surface area contributed by atoms with E-state index in [2.05, 4.69) is 10.6 Å². The second-order valence-electron chi connectivity index (χ2n) is 7.99. The van der Waals surface area contributed by atoms with Gasteiger partial charge in [0.05, 0.1) is 11.4 Å². The first kappa shape index (κ1) is 23.0. The number of nitrogens with one attached hydrogen (secondary N) is 2. The van der Waals surface area contributed by atoms with E-state index < -0.39 is 15.9 Å². The van der Waals surface area contributed by atoms with Crippen molar-refractivity contribution >= 4 is 27.5 Å². The molecule has 1 aliphatic rings. The zero-order valence-corrected chi connectivity index (χ0v) is 19.0. The second kappa shape index (κ2) is 9.62. The molecule has 2 aromatic rings. The number of aryl methyl sites for hydroxylation is 3. The fourth-order valence-corrected chi connectivity index (χ4v) is 5.37. The van der Waals surface area contributed by atoms with Crippen LogP contribution in [0.1, 0.15) is 46.3 Å². The number of hydrogen-bond acceptors (Lipinski definition) is 4. The summed E-state index contributed by atoms with van der Waals surface area (Å²) < 4.78 is 26.9. The highest BCUT2D eigenvalue weighted by Crippen LogP contribution is 2.22. The molecule has 7 nitrogen and oxygen atoms in total. The van der Waals surface area contributed by atoms with E-state index in [0.29, 0.717) is 18.7 Å². The fraction of sp³-hybridized carbons (Fsp3) is 0.391. The number of piperidine rings is 1. The van der Waals surface area contributed by atoms with E-state index >= 15 is 0 Å². The Labute approximate surface area is 183 Å². The summed E-state index contributed by atoms with van der Waals surface area (Å²) in [4.78, 5) is 24.9. The van der Waals surface area contributed by atoms with Crippen LogP contribution in [0.3, 0.4) is 0 Å². The number of sulfonamides is 1. The quantitative estimate of drug-likeness (QED) is 0.717. The fourth-order valence-electron chi connectivity index (χ4n) is 3.86. The predicted molar refractivity (Wildman–Crippen MR) is 121 cm³/mol. The standard InChI is InChI=1S/C23H29N3O4S/c1-16-13-17(2)22(18(3)14-16)25-21(27)15-24-23(28)19-7-9-20(10-8-19)31(29,30)26-11-5-4-6-12-26/h7-10,13-14H,4-6,11-12,15H2,1-3H3,(H,24,28)(H,25,27). The monoisotopic (exact) mass is 443 g/mol. The smallest absolute Gasteiger partial charge is 0.251 e. The third kappa shape index (κ3) is 5.51. The molecule has 0 aliphatic carbocycles. The van der Waals surface area contributed by atoms with E-state index in [4.69, 9.17) is 0 Å². The van der Waals surface area contributed by atoms with Crippen LogP contribution in [0.2, 0.25) is 0 Å². The molecule has 0 unspecified atom stereocenters. The van der Waals surface area contributed by atoms with Crippen molar-refractivity contribution in [2.24, 2.45) is 0 Å². The lowest BCUT2D eigenvalue weighted by Gasteiger charge is -2.25. The Hall–Kier alpha value is -2.71. The van der Waals surface area contributed by atoms with Crippen molar-refractivity contribution in [1.82, 2.24) is 9.62 Å². The number of nitrogens with zero attached hydrogens (tertiary/aromatic N) is 1. The molecule has 0 aromatic heterocycles. The van der Waals surface area contributed by atoms with Crippen LogP contribution in [-0.2, 0) is 14.8 Å². The number of carbonyl (C=O) groups excluding carboxylic acids is 2. The van der Waals surface area contributed by atoms with Gasteiger partial charge in [0.15, 0.2) is 0 Å². The molecule has 2 amide bonds. The first-order valence-corrected chi connectivity index (χ1v) is 11.9. The summed E-state index contributed by atoms with van der Waals surface area (Å²) in [5, 5.41) is 5.42. The Balaban J connectivity index is 1.59. The number of amides is 2. The zero-order valence-electron chi connectivity index (χ0n) is 18.2. The lowest BCUT2D eigenvalue weighted by molar-refractivity contribution is -0.115. The molecule has 1 fully saturated rings. The van der Waals surface area contributed by atoms with Gasteiger partial charge < -0.3 is 10.6 Å². The predicted octanol–water partition coefficient (Wildman–Crippen LogP) is 3.15. The number of anilines is 1. The van der Waals surface area contributed by atoms with Gasteiger partial charge in [-0.3, -0.25) is 9.59 Å². The lowest BCUT2D eigenvalue weighted by Crippen LogP contribution is -2.35. The van der Waals surface area contributed by atoms with Crippen LogP contribution >= 0.6 is 0 Å². The number of hydrogen-bond donors (Lipinski definition) is 2. The molecule has 3 rings (SSSR count). The summed E-state index contributed by atoms with van der Waals surface area (Å²) in [7, 11) is -3.54. The molecule has 0 atom stereocenters. The van der Waals surface area contributed by atoms with Gasteiger partial charge in [-0.05, 0) is 69.0 Å². The van der Waals surface area contributed by atoms with Crippen molar-refractivity contribution < 1.29 is 18.0 Å². The number of rotatable bonds is 6. The Morgan fingerprint density at radius 3 is 2.10 bits per heavy atom. The van der Waals surface area contributed by atoms with Crippen molar-refractivity contribution in [2.45, 2.75) is 44.9 Å². The molecule has 2 aromatic carbocycles. The highest BCUT2D eigenvalue weighted by atomic mass is 32.2. The van der Waals surface area contributed by atoms with Crippen molar-refractivity contribution in [2.75, 3.05) is 25.0 Å². The van der Waals surface area contributed by atoms with Crippen LogP contribution in [0.25, 0.3) is 0 Å². The van der Waals surface area contributed by atoms with E-state index in [9.17, 15) is 18.0 Å². The summed E-state index contributed by atoms with van der Waals surface area (Å²) in [6.07, 6.45) is 2.77. The summed E-state index contributed by atoms with van der Waals surface area (Å²) in [5.74, 6) is -0.762. The van der Waals surface area contributed by atoms with Gasteiger partial charge in [0.2, 0.25) is 15.9 Å². The molecule has 166 valence electrons. The molecular weight excluding hydrogens is 414 g/mol. The van der Waals surface area contributed by atoms with Gasteiger partial charge >= 0.3 is 0 Å². The summed E-state index contributed by atoms with van der Waals surface area (Å²) >= 11 is 0. The van der Waals surface area contributed by atoms with Crippen molar-refractivity contribution in [3.05, 3.63) is 58.7 Å². The van der Waals surface area contributed by atoms with Crippen LogP contribution in [0.4, 0.5) is 5.69 Å². The minimum atomic E-state index is -3.54. The first-order chi connectivity index (χ1) is 14.7. The normalized spacial score (nSPS) is 14.8. The Kier molecular flexibility index (Phi) is 7.12. The minimum absolute atomic E-state index is 0.175. The molecule has 0 saturated carbocycles. The maximum atomic E-state index is 12.7. The van der Waals surface area contributed by atoms with Gasteiger partial charge in [-0.1, -0.05) is 24.1 Å². The van der Waals surface area contributed by atoms with Gasteiger partial charge in [0.25, 0.3) is 5.91 Å². The molecule has 8 heteroatoms. The van der Waals surface area contributed by atoms with E-state index in [-0.39, 0.29) is 17.3 Å². The SMILES string of the molecule is Cc1cc(C)c(NC(=O)CNC(=O)c2ccc(S(=O)(=O)N3CCCCC3)cc2)c(C)c1. The second-order valence-corrected chi connectivity index (χ2v) is 9.93. The van der Waals surface area contributed by atoms with Crippen LogP contribution in [-0.4, -0.2) is 44.2 Å². The van der Waals surface area contributed by atoms with Crippen LogP contribution in [0.5, 0.6) is 0 Å². The minimum Gasteiger partial charge on any atom is -0.343 e. The Morgan fingerprint density at radius 1 is 0.935 bits per heavy atom. The van der Waals surface area contributed by atoms with Gasteiger partial charge in [-0.15, -0.1) is 0 Å². The van der Waals surface area contributed by atoms with E-state index in [1.807, 2.05) is 32.9 Å². The van der Waals surface area contributed by atoms with E-state index in [1.54, 1.807) is 0 Å². The van der Waals surface area contributed by atoms with Gasteiger partial charge in [0.1, 0.15) is 0 Å². The molecule has 1 saturated heterocycles. The van der Waals surface area contributed by atoms with Crippen molar-refractivity contribution in [3.8, 4) is 0 Å². The van der Waals surface area contributed by atoms with Gasteiger partial charge in [-0.25, -0.2) is 8.42 Å². The summed E-state index contributed by atoms with van der Waals surface area (Å²) in [5.41, 5.74) is 4.09. The van der Waals surface area contributed by atoms with Crippen molar-refractivity contribution in [1.29, 1.82) is 0 Å². The third-order valence-corrected chi connectivity index (χ3v) is 7.33. The summed E-state index contributed by atoms with van der Waals surface area (Å²) in [6.45, 7) is 6.72. The van der Waals surface area contributed by atoms with Crippen LogP contribution in [0, 0.1) is 20.8 Å². The van der Waals surface area contributed by atoms with Gasteiger partial charge in [0, 0.05) is 24.3 Å². The maximum absolute atomic E-state index is 12.7. The molecule has 0 radical (unpaired) electrons. The molecule has 0 spiro atoms.